The first-order valence-electron chi connectivity index (χ1n) is 7.66. The van der Waals surface area contributed by atoms with Crippen molar-refractivity contribution < 1.29 is 4.79 Å². The van der Waals surface area contributed by atoms with E-state index >= 15 is 0 Å². The monoisotopic (exact) mass is 325 g/mol. The summed E-state index contributed by atoms with van der Waals surface area (Å²) in [4.78, 5) is 17.8. The summed E-state index contributed by atoms with van der Waals surface area (Å²) in [5.41, 5.74) is 3.00. The number of fused-ring (bicyclic) bond motifs is 1. The Hall–Kier alpha value is -2.16. The number of likely N-dealkylation sites (N-methyl/N-ethyl adjacent to an activating group) is 1. The molecule has 0 aliphatic carbocycles. The van der Waals surface area contributed by atoms with Crippen LogP contribution in [0, 0.1) is 11.3 Å². The third-order valence-corrected chi connectivity index (χ3v) is 5.10. The number of thiophene rings is 1. The highest BCUT2D eigenvalue weighted by Crippen LogP contribution is 2.24. The molecule has 0 spiro atoms. The van der Waals surface area contributed by atoms with Crippen molar-refractivity contribution in [3.63, 3.8) is 0 Å². The molecule has 4 nitrogen and oxygen atoms in total. The van der Waals surface area contributed by atoms with Crippen LogP contribution in [0.2, 0.25) is 0 Å². The van der Waals surface area contributed by atoms with E-state index in [2.05, 4.69) is 17.5 Å². The molecular formula is C18H19N3OS. The van der Waals surface area contributed by atoms with Crippen LogP contribution < -0.4 is 0 Å². The Labute approximate surface area is 140 Å². The Morgan fingerprint density at radius 1 is 1.43 bits per heavy atom. The lowest BCUT2D eigenvalue weighted by Gasteiger charge is -2.29. The smallest absolute Gasteiger partial charge is 0.237 e. The lowest BCUT2D eigenvalue weighted by molar-refractivity contribution is -0.133. The average molecular weight is 325 g/mol. The number of hydrogen-bond acceptors (Lipinski definition) is 4. The number of carbonyl (C=O) groups is 1. The second-order valence-electron chi connectivity index (χ2n) is 5.92. The molecule has 1 amide bonds. The topological polar surface area (TPSA) is 47.3 Å². The van der Waals surface area contributed by atoms with Gasteiger partial charge in [-0.15, -0.1) is 11.3 Å². The van der Waals surface area contributed by atoms with Gasteiger partial charge in [0.1, 0.15) is 0 Å². The van der Waals surface area contributed by atoms with E-state index < -0.39 is 0 Å². The molecule has 1 aromatic carbocycles. The minimum Gasteiger partial charge on any atom is -0.337 e. The average Bonchev–Trinajstić information content (AvgIpc) is 3.02. The van der Waals surface area contributed by atoms with Crippen molar-refractivity contribution in [3.8, 4) is 6.07 Å². The minimum atomic E-state index is 0.167. The molecule has 1 aliphatic heterocycles. The quantitative estimate of drug-likeness (QED) is 0.868. The molecule has 2 heterocycles. The van der Waals surface area contributed by atoms with Crippen molar-refractivity contribution >= 4 is 17.2 Å². The molecule has 23 heavy (non-hydrogen) atoms. The van der Waals surface area contributed by atoms with Gasteiger partial charge in [-0.3, -0.25) is 9.69 Å². The highest BCUT2D eigenvalue weighted by Gasteiger charge is 2.22. The van der Waals surface area contributed by atoms with Gasteiger partial charge in [0.15, 0.2) is 0 Å². The SMILES string of the molecule is CN(CC(=O)N1CCc2sccc2C1)Cc1cccc(C#N)c1. The van der Waals surface area contributed by atoms with Crippen molar-refractivity contribution in [2.45, 2.75) is 19.5 Å². The molecule has 1 aromatic heterocycles. The maximum absolute atomic E-state index is 12.5. The number of benzene rings is 1. The van der Waals surface area contributed by atoms with E-state index in [0.717, 1.165) is 25.1 Å². The molecule has 0 bridgehead atoms. The van der Waals surface area contributed by atoms with Gasteiger partial charge < -0.3 is 4.90 Å². The normalized spacial score (nSPS) is 13.7. The molecule has 0 saturated carbocycles. The first-order chi connectivity index (χ1) is 11.2. The molecular weight excluding hydrogens is 306 g/mol. The summed E-state index contributed by atoms with van der Waals surface area (Å²) in [6.07, 6.45) is 0.965. The number of hydrogen-bond donors (Lipinski definition) is 0. The zero-order valence-corrected chi connectivity index (χ0v) is 14.0. The van der Waals surface area contributed by atoms with E-state index in [1.54, 1.807) is 17.4 Å². The first-order valence-corrected chi connectivity index (χ1v) is 8.54. The zero-order chi connectivity index (χ0) is 16.2. The predicted octanol–water partition coefficient (Wildman–Crippen LogP) is 2.64. The maximum atomic E-state index is 12.5. The number of nitriles is 1. The van der Waals surface area contributed by atoms with Gasteiger partial charge >= 0.3 is 0 Å². The molecule has 0 saturated heterocycles. The van der Waals surface area contributed by atoms with Crippen molar-refractivity contribution in [1.82, 2.24) is 9.80 Å². The molecule has 118 valence electrons. The Morgan fingerprint density at radius 2 is 2.30 bits per heavy atom. The van der Waals surface area contributed by atoms with Crippen LogP contribution in [0.3, 0.4) is 0 Å². The van der Waals surface area contributed by atoms with Gasteiger partial charge in [0.05, 0.1) is 18.2 Å². The third kappa shape index (κ3) is 3.79. The summed E-state index contributed by atoms with van der Waals surface area (Å²) in [7, 11) is 1.94. The Kier molecular flexibility index (Phi) is 4.75. The summed E-state index contributed by atoms with van der Waals surface area (Å²) in [5.74, 6) is 0.167. The van der Waals surface area contributed by atoms with Gasteiger partial charge in [-0.05, 0) is 48.2 Å². The molecule has 0 fully saturated rings. The highest BCUT2D eigenvalue weighted by atomic mass is 32.1. The van der Waals surface area contributed by atoms with E-state index in [0.29, 0.717) is 18.7 Å². The number of amides is 1. The van der Waals surface area contributed by atoms with Crippen molar-refractivity contribution in [1.29, 1.82) is 5.26 Å². The van der Waals surface area contributed by atoms with Crippen molar-refractivity contribution in [3.05, 3.63) is 57.3 Å². The zero-order valence-electron chi connectivity index (χ0n) is 13.2. The fourth-order valence-electron chi connectivity index (χ4n) is 2.90. The van der Waals surface area contributed by atoms with Crippen LogP contribution in [-0.4, -0.2) is 35.8 Å². The molecule has 0 unspecified atom stereocenters. The van der Waals surface area contributed by atoms with Crippen molar-refractivity contribution in [2.24, 2.45) is 0 Å². The molecule has 3 rings (SSSR count). The Morgan fingerprint density at radius 3 is 3.13 bits per heavy atom. The van der Waals surface area contributed by atoms with Crippen LogP contribution in [0.1, 0.15) is 21.6 Å². The highest BCUT2D eigenvalue weighted by molar-refractivity contribution is 7.10. The number of nitrogens with zero attached hydrogens (tertiary/aromatic N) is 3. The van der Waals surface area contributed by atoms with E-state index in [4.69, 9.17) is 5.26 Å². The van der Waals surface area contributed by atoms with Gasteiger partial charge in [0, 0.05) is 24.5 Å². The van der Waals surface area contributed by atoms with E-state index in [1.165, 1.54) is 10.4 Å². The first kappa shape index (κ1) is 15.7. The predicted molar refractivity (Wildman–Crippen MR) is 90.9 cm³/mol. The summed E-state index contributed by atoms with van der Waals surface area (Å²) < 4.78 is 0. The summed E-state index contributed by atoms with van der Waals surface area (Å²) in [6.45, 7) is 2.61. The molecule has 5 heteroatoms. The van der Waals surface area contributed by atoms with Gasteiger partial charge in [-0.2, -0.15) is 5.26 Å². The molecule has 2 aromatic rings. The minimum absolute atomic E-state index is 0.167. The fourth-order valence-corrected chi connectivity index (χ4v) is 3.79. The van der Waals surface area contributed by atoms with Crippen LogP contribution in [0.25, 0.3) is 0 Å². The summed E-state index contributed by atoms with van der Waals surface area (Å²) in [5, 5.41) is 11.1. The summed E-state index contributed by atoms with van der Waals surface area (Å²) in [6, 6.07) is 11.8. The largest absolute Gasteiger partial charge is 0.337 e. The van der Waals surface area contributed by atoms with Crippen LogP contribution >= 0.6 is 11.3 Å². The third-order valence-electron chi connectivity index (χ3n) is 4.07. The van der Waals surface area contributed by atoms with E-state index in [1.807, 2.05) is 35.0 Å². The molecule has 0 radical (unpaired) electrons. The second-order valence-corrected chi connectivity index (χ2v) is 6.92. The fraction of sp³-hybridized carbons (Fsp3) is 0.333. The molecule has 0 N–H and O–H groups in total. The molecule has 1 aliphatic rings. The van der Waals surface area contributed by atoms with Gasteiger partial charge in [0.2, 0.25) is 5.91 Å². The van der Waals surface area contributed by atoms with Crippen LogP contribution in [0.5, 0.6) is 0 Å². The summed E-state index contributed by atoms with van der Waals surface area (Å²) >= 11 is 1.78. The van der Waals surface area contributed by atoms with Crippen LogP contribution in [-0.2, 0) is 24.3 Å². The van der Waals surface area contributed by atoms with Crippen LogP contribution in [0.15, 0.2) is 35.7 Å². The second kappa shape index (κ2) is 6.95. The van der Waals surface area contributed by atoms with E-state index in [-0.39, 0.29) is 5.91 Å². The van der Waals surface area contributed by atoms with Gasteiger partial charge in [-0.1, -0.05) is 12.1 Å². The van der Waals surface area contributed by atoms with Crippen molar-refractivity contribution in [2.75, 3.05) is 20.1 Å². The Balaban J connectivity index is 1.56. The van der Waals surface area contributed by atoms with Gasteiger partial charge in [-0.25, -0.2) is 0 Å². The lowest BCUT2D eigenvalue weighted by atomic mass is 10.1. The number of carbonyl (C=O) groups excluding carboxylic acids is 1. The van der Waals surface area contributed by atoms with Gasteiger partial charge in [0.25, 0.3) is 0 Å². The molecule has 0 atom stereocenters. The van der Waals surface area contributed by atoms with E-state index in [9.17, 15) is 4.79 Å². The van der Waals surface area contributed by atoms with Crippen LogP contribution in [0.4, 0.5) is 0 Å². The standard InChI is InChI=1S/C18H19N3OS/c1-20(11-15-4-2-3-14(9-15)10-19)13-18(22)21-7-5-17-16(12-21)6-8-23-17/h2-4,6,8-9H,5,7,11-13H2,1H3. The Bertz CT molecular complexity index is 747. The maximum Gasteiger partial charge on any atom is 0.237 e. The number of rotatable bonds is 4. The lowest BCUT2D eigenvalue weighted by Crippen LogP contribution is -2.41.